The normalized spacial score (nSPS) is 25.3. The molecule has 1 aliphatic carbocycles. The van der Waals surface area contributed by atoms with E-state index in [4.69, 9.17) is 4.52 Å². The van der Waals surface area contributed by atoms with Crippen LogP contribution in [0.25, 0.3) is 0 Å². The SMILES string of the molecule is CC[C@@H]1CCCCN1C(=O)c1noc2c1C[C@@H](C(C)(C)C)CC2. The number of carbonyl (C=O) groups is 1. The van der Waals surface area contributed by atoms with Gasteiger partial charge in [0.2, 0.25) is 0 Å². The van der Waals surface area contributed by atoms with Crippen molar-refractivity contribution in [1.82, 2.24) is 10.1 Å². The maximum Gasteiger partial charge on any atom is 0.276 e. The summed E-state index contributed by atoms with van der Waals surface area (Å²) in [5.74, 6) is 1.62. The number of nitrogens with zero attached hydrogens (tertiary/aromatic N) is 2. The Morgan fingerprint density at radius 3 is 2.78 bits per heavy atom. The minimum Gasteiger partial charge on any atom is -0.360 e. The van der Waals surface area contributed by atoms with Gasteiger partial charge in [-0.25, -0.2) is 0 Å². The average molecular weight is 318 g/mol. The Morgan fingerprint density at radius 2 is 2.09 bits per heavy atom. The third-order valence-corrected chi connectivity index (χ3v) is 5.83. The molecule has 2 heterocycles. The first kappa shape index (κ1) is 16.5. The zero-order valence-corrected chi connectivity index (χ0v) is 15.0. The first-order chi connectivity index (χ1) is 10.9. The molecule has 23 heavy (non-hydrogen) atoms. The average Bonchev–Trinajstić information content (AvgIpc) is 2.96. The number of piperidine rings is 1. The summed E-state index contributed by atoms with van der Waals surface area (Å²) in [6.45, 7) is 9.89. The summed E-state index contributed by atoms with van der Waals surface area (Å²) in [6, 6.07) is 0.366. The highest BCUT2D eigenvalue weighted by Gasteiger charge is 2.36. The van der Waals surface area contributed by atoms with Crippen LogP contribution in [0.3, 0.4) is 0 Å². The van der Waals surface area contributed by atoms with E-state index in [0.29, 0.717) is 17.7 Å². The second kappa shape index (κ2) is 6.29. The second-order valence-corrected chi connectivity index (χ2v) is 8.30. The fourth-order valence-corrected chi connectivity index (χ4v) is 4.14. The van der Waals surface area contributed by atoms with E-state index >= 15 is 0 Å². The fourth-order valence-electron chi connectivity index (χ4n) is 4.14. The van der Waals surface area contributed by atoms with E-state index in [1.54, 1.807) is 0 Å². The molecule has 1 aromatic heterocycles. The standard InChI is InChI=1S/C19H30N2O2/c1-5-14-8-6-7-11-21(14)18(22)17-15-12-13(19(2,3)4)9-10-16(15)23-20-17/h13-14H,5-12H2,1-4H3/t13-,14+/m0/s1. The van der Waals surface area contributed by atoms with Gasteiger partial charge in [0, 0.05) is 24.6 Å². The molecular weight excluding hydrogens is 288 g/mol. The van der Waals surface area contributed by atoms with Crippen LogP contribution >= 0.6 is 0 Å². The Morgan fingerprint density at radius 1 is 1.30 bits per heavy atom. The molecule has 0 spiro atoms. The van der Waals surface area contributed by atoms with E-state index in [9.17, 15) is 4.79 Å². The van der Waals surface area contributed by atoms with Crippen LogP contribution in [0.15, 0.2) is 4.52 Å². The van der Waals surface area contributed by atoms with E-state index in [2.05, 4.69) is 32.9 Å². The van der Waals surface area contributed by atoms with Gasteiger partial charge >= 0.3 is 0 Å². The van der Waals surface area contributed by atoms with Crippen molar-refractivity contribution in [2.45, 2.75) is 78.7 Å². The number of hydrogen-bond donors (Lipinski definition) is 0. The molecule has 1 saturated heterocycles. The van der Waals surface area contributed by atoms with Crippen LogP contribution in [0.4, 0.5) is 0 Å². The lowest BCUT2D eigenvalue weighted by Gasteiger charge is -2.36. The van der Waals surface area contributed by atoms with Crippen molar-refractivity contribution in [3.8, 4) is 0 Å². The van der Waals surface area contributed by atoms with Gasteiger partial charge in [0.25, 0.3) is 5.91 Å². The Kier molecular flexibility index (Phi) is 4.52. The van der Waals surface area contributed by atoms with Crippen molar-refractivity contribution >= 4 is 5.91 Å². The van der Waals surface area contributed by atoms with Crippen molar-refractivity contribution in [3.63, 3.8) is 0 Å². The quantitative estimate of drug-likeness (QED) is 0.819. The van der Waals surface area contributed by atoms with E-state index in [1.807, 2.05) is 4.90 Å². The minimum atomic E-state index is 0.0936. The van der Waals surface area contributed by atoms with Gasteiger partial charge in [-0.05, 0) is 49.9 Å². The molecule has 0 radical (unpaired) electrons. The maximum atomic E-state index is 13.1. The van der Waals surface area contributed by atoms with Crippen molar-refractivity contribution in [2.24, 2.45) is 11.3 Å². The molecule has 1 aliphatic heterocycles. The minimum absolute atomic E-state index is 0.0936. The number of rotatable bonds is 2. The Hall–Kier alpha value is -1.32. The fraction of sp³-hybridized carbons (Fsp3) is 0.789. The molecule has 1 fully saturated rings. The molecule has 128 valence electrons. The lowest BCUT2D eigenvalue weighted by molar-refractivity contribution is 0.0596. The Bertz CT molecular complexity index is 570. The molecule has 3 rings (SSSR count). The van der Waals surface area contributed by atoms with Gasteiger partial charge in [-0.2, -0.15) is 0 Å². The molecular formula is C19H30N2O2. The highest BCUT2D eigenvalue weighted by molar-refractivity contribution is 5.94. The van der Waals surface area contributed by atoms with Crippen LogP contribution in [-0.2, 0) is 12.8 Å². The van der Waals surface area contributed by atoms with E-state index < -0.39 is 0 Å². The summed E-state index contributed by atoms with van der Waals surface area (Å²) in [6.07, 6.45) is 7.44. The molecule has 0 aromatic carbocycles. The number of amides is 1. The van der Waals surface area contributed by atoms with Gasteiger partial charge < -0.3 is 9.42 Å². The van der Waals surface area contributed by atoms with E-state index in [0.717, 1.165) is 56.4 Å². The number of aryl methyl sites for hydroxylation is 1. The summed E-state index contributed by atoms with van der Waals surface area (Å²) in [4.78, 5) is 15.1. The lowest BCUT2D eigenvalue weighted by atomic mass is 9.71. The van der Waals surface area contributed by atoms with E-state index in [-0.39, 0.29) is 11.3 Å². The molecule has 2 atom stereocenters. The summed E-state index contributed by atoms with van der Waals surface area (Å²) in [5, 5.41) is 4.19. The smallest absolute Gasteiger partial charge is 0.276 e. The first-order valence-corrected chi connectivity index (χ1v) is 9.20. The monoisotopic (exact) mass is 318 g/mol. The Balaban J connectivity index is 1.84. The van der Waals surface area contributed by atoms with Crippen molar-refractivity contribution < 1.29 is 9.32 Å². The second-order valence-electron chi connectivity index (χ2n) is 8.30. The summed E-state index contributed by atoms with van der Waals surface area (Å²) in [7, 11) is 0. The van der Waals surface area contributed by atoms with Crippen molar-refractivity contribution in [1.29, 1.82) is 0 Å². The van der Waals surface area contributed by atoms with Crippen LogP contribution in [-0.4, -0.2) is 28.6 Å². The zero-order chi connectivity index (χ0) is 16.6. The summed E-state index contributed by atoms with van der Waals surface area (Å²) < 4.78 is 5.53. The van der Waals surface area contributed by atoms with Gasteiger partial charge in [-0.3, -0.25) is 4.79 Å². The summed E-state index contributed by atoms with van der Waals surface area (Å²) >= 11 is 0. The number of fused-ring (bicyclic) bond motifs is 1. The van der Waals surface area contributed by atoms with Crippen LogP contribution in [0.5, 0.6) is 0 Å². The molecule has 4 heteroatoms. The van der Waals surface area contributed by atoms with Crippen molar-refractivity contribution in [3.05, 3.63) is 17.0 Å². The highest BCUT2D eigenvalue weighted by Crippen LogP contribution is 2.38. The van der Waals surface area contributed by atoms with Gasteiger partial charge in [-0.1, -0.05) is 32.9 Å². The lowest BCUT2D eigenvalue weighted by Crippen LogP contribution is -2.44. The van der Waals surface area contributed by atoms with E-state index in [1.165, 1.54) is 6.42 Å². The topological polar surface area (TPSA) is 46.3 Å². The Labute approximate surface area is 139 Å². The van der Waals surface area contributed by atoms with Gasteiger partial charge in [0.1, 0.15) is 5.76 Å². The molecule has 1 aromatic rings. The largest absolute Gasteiger partial charge is 0.360 e. The van der Waals surface area contributed by atoms with Crippen LogP contribution in [0, 0.1) is 11.3 Å². The third-order valence-electron chi connectivity index (χ3n) is 5.83. The molecule has 4 nitrogen and oxygen atoms in total. The molecule has 2 aliphatic rings. The van der Waals surface area contributed by atoms with Crippen LogP contribution in [0.1, 0.15) is 81.6 Å². The molecule has 0 N–H and O–H groups in total. The van der Waals surface area contributed by atoms with Gasteiger partial charge in [0.05, 0.1) is 0 Å². The highest BCUT2D eigenvalue weighted by atomic mass is 16.5. The molecule has 0 unspecified atom stereocenters. The number of hydrogen-bond acceptors (Lipinski definition) is 3. The van der Waals surface area contributed by atoms with Gasteiger partial charge in [0.15, 0.2) is 5.69 Å². The van der Waals surface area contributed by atoms with Crippen LogP contribution in [0.2, 0.25) is 0 Å². The number of aromatic nitrogens is 1. The number of carbonyl (C=O) groups excluding carboxylic acids is 1. The van der Waals surface area contributed by atoms with Crippen LogP contribution < -0.4 is 0 Å². The molecule has 0 bridgehead atoms. The molecule has 1 amide bonds. The van der Waals surface area contributed by atoms with Gasteiger partial charge in [-0.15, -0.1) is 0 Å². The maximum absolute atomic E-state index is 13.1. The number of likely N-dealkylation sites (tertiary alicyclic amines) is 1. The van der Waals surface area contributed by atoms with Crippen molar-refractivity contribution in [2.75, 3.05) is 6.54 Å². The first-order valence-electron chi connectivity index (χ1n) is 9.20. The predicted molar refractivity (Wildman–Crippen MR) is 90.4 cm³/mol. The zero-order valence-electron chi connectivity index (χ0n) is 15.0. The third kappa shape index (κ3) is 3.17. The summed E-state index contributed by atoms with van der Waals surface area (Å²) in [5.41, 5.74) is 1.93. The molecule has 0 saturated carbocycles. The predicted octanol–water partition coefficient (Wildman–Crippen LogP) is 4.23.